The Morgan fingerprint density at radius 2 is 1.71 bits per heavy atom. The fourth-order valence-corrected chi connectivity index (χ4v) is 1.31. The number of hydrogen-bond acceptors (Lipinski definition) is 1. The second kappa shape index (κ2) is 11.1. The van der Waals surface area contributed by atoms with Crippen LogP contribution in [0.3, 0.4) is 0 Å². The Hall–Kier alpha value is -1.59. The summed E-state index contributed by atoms with van der Waals surface area (Å²) in [5.41, 5.74) is -0.678. The van der Waals surface area contributed by atoms with Crippen molar-refractivity contribution in [1.29, 1.82) is 0 Å². The number of halogens is 4. The fourth-order valence-electron chi connectivity index (χ4n) is 1.31. The van der Waals surface area contributed by atoms with Crippen molar-refractivity contribution in [3.05, 3.63) is 35.1 Å². The Kier molecular flexibility index (Phi) is 11.5. The van der Waals surface area contributed by atoms with Crippen LogP contribution in [0.25, 0.3) is 0 Å². The van der Waals surface area contributed by atoms with E-state index in [0.29, 0.717) is 6.07 Å². The lowest BCUT2D eigenvalue weighted by Crippen LogP contribution is -2.15. The molecule has 0 heterocycles. The molecule has 0 radical (unpaired) electrons. The molecular formula is C15H23F4NO. The number of benzene rings is 1. The summed E-state index contributed by atoms with van der Waals surface area (Å²) in [6.45, 7) is 8.32. The maximum absolute atomic E-state index is 12.5. The molecular weight excluding hydrogens is 286 g/mol. The molecule has 0 aromatic heterocycles. The molecule has 0 fully saturated rings. The van der Waals surface area contributed by atoms with Gasteiger partial charge in [0.25, 0.3) is 0 Å². The lowest BCUT2D eigenvalue weighted by molar-refractivity contribution is -0.137. The quantitative estimate of drug-likeness (QED) is 0.587. The van der Waals surface area contributed by atoms with Crippen LogP contribution in [0.4, 0.5) is 17.6 Å². The van der Waals surface area contributed by atoms with Crippen molar-refractivity contribution in [2.75, 3.05) is 13.6 Å². The van der Waals surface area contributed by atoms with Crippen LogP contribution >= 0.6 is 0 Å². The highest BCUT2D eigenvalue weighted by Gasteiger charge is 2.30. The van der Waals surface area contributed by atoms with Gasteiger partial charge in [-0.3, -0.25) is 4.79 Å². The van der Waals surface area contributed by atoms with E-state index in [0.717, 1.165) is 31.5 Å². The largest absolute Gasteiger partial charge is 0.416 e. The van der Waals surface area contributed by atoms with E-state index in [1.165, 1.54) is 6.92 Å². The topological polar surface area (TPSA) is 20.3 Å². The molecule has 0 unspecified atom stereocenters. The van der Waals surface area contributed by atoms with Crippen molar-refractivity contribution in [2.24, 2.45) is 0 Å². The van der Waals surface area contributed by atoms with E-state index in [1.807, 2.05) is 20.8 Å². The van der Waals surface area contributed by atoms with Crippen LogP contribution in [0.15, 0.2) is 18.2 Å². The number of carbonyl (C=O) groups excluding carboxylic acids is 1. The summed E-state index contributed by atoms with van der Waals surface area (Å²) in [5, 5.41) is 0. The van der Waals surface area contributed by atoms with E-state index in [9.17, 15) is 22.4 Å². The van der Waals surface area contributed by atoms with Gasteiger partial charge in [-0.1, -0.05) is 20.8 Å². The Morgan fingerprint density at radius 3 is 2.00 bits per heavy atom. The summed E-state index contributed by atoms with van der Waals surface area (Å²) in [6.07, 6.45) is -2.59. The average molecular weight is 309 g/mol. The molecule has 1 rings (SSSR count). The summed E-state index contributed by atoms with van der Waals surface area (Å²) in [5.74, 6) is -0.859. The summed E-state index contributed by atoms with van der Waals surface area (Å²) < 4.78 is 48.4. The van der Waals surface area contributed by atoms with E-state index in [4.69, 9.17) is 0 Å². The number of nitrogens with zero attached hydrogens (tertiary/aromatic N) is 1. The number of aryl methyl sites for hydroxylation is 1. The first-order chi connectivity index (χ1) is 9.70. The molecule has 0 aliphatic heterocycles. The van der Waals surface area contributed by atoms with Gasteiger partial charge in [0.05, 0.1) is 5.56 Å². The predicted octanol–water partition coefficient (Wildman–Crippen LogP) is 4.66. The molecule has 0 saturated carbocycles. The molecule has 0 saturated heterocycles. The molecule has 0 N–H and O–H groups in total. The highest BCUT2D eigenvalue weighted by atomic mass is 19.4. The van der Waals surface area contributed by atoms with Gasteiger partial charge in [-0.25, -0.2) is 4.39 Å². The third-order valence-corrected chi connectivity index (χ3v) is 2.13. The van der Waals surface area contributed by atoms with Gasteiger partial charge in [0.15, 0.2) is 0 Å². The van der Waals surface area contributed by atoms with Gasteiger partial charge in [-0.2, -0.15) is 13.2 Å². The lowest BCUT2D eigenvalue weighted by atomic mass is 10.1. The molecule has 0 atom stereocenters. The predicted molar refractivity (Wildman–Crippen MR) is 76.5 cm³/mol. The highest BCUT2D eigenvalue weighted by molar-refractivity contribution is 5.46. The van der Waals surface area contributed by atoms with Crippen molar-refractivity contribution in [1.82, 2.24) is 4.90 Å². The molecule has 0 bridgehead atoms. The third-order valence-electron chi connectivity index (χ3n) is 2.13. The first kappa shape index (κ1) is 21.7. The fraction of sp³-hybridized carbons (Fsp3) is 0.533. The Morgan fingerprint density at radius 1 is 1.19 bits per heavy atom. The monoisotopic (exact) mass is 309 g/mol. The standard InChI is InChI=1S/C8H6F4.C5H11NO.C2H6/c1-5-2-6(8(10,11)12)4-7(9)3-5;1-3-4-6(2)5-7;1-2/h2-4H,1H3;5H,3-4H2,1-2H3;1-2H3. The Bertz CT molecular complexity index is 385. The number of alkyl halides is 3. The van der Waals surface area contributed by atoms with Gasteiger partial charge in [0.1, 0.15) is 5.82 Å². The molecule has 1 amide bonds. The molecule has 122 valence electrons. The molecule has 1 aromatic rings. The average Bonchev–Trinajstić information content (AvgIpc) is 2.40. The maximum atomic E-state index is 12.5. The smallest absolute Gasteiger partial charge is 0.348 e. The van der Waals surface area contributed by atoms with Crippen LogP contribution in [0.1, 0.15) is 38.3 Å². The number of rotatable bonds is 3. The number of amides is 1. The van der Waals surface area contributed by atoms with Crippen molar-refractivity contribution in [3.63, 3.8) is 0 Å². The number of hydrogen-bond donors (Lipinski definition) is 0. The van der Waals surface area contributed by atoms with Gasteiger partial charge in [0, 0.05) is 13.6 Å². The maximum Gasteiger partial charge on any atom is 0.416 e. The van der Waals surface area contributed by atoms with E-state index in [2.05, 4.69) is 0 Å². The Labute approximate surface area is 123 Å². The minimum atomic E-state index is -4.47. The van der Waals surface area contributed by atoms with Crippen molar-refractivity contribution >= 4 is 6.41 Å². The van der Waals surface area contributed by atoms with Gasteiger partial charge in [-0.15, -0.1) is 0 Å². The minimum Gasteiger partial charge on any atom is -0.348 e. The molecule has 0 spiro atoms. The molecule has 2 nitrogen and oxygen atoms in total. The van der Waals surface area contributed by atoms with Crippen LogP contribution in [0, 0.1) is 12.7 Å². The highest BCUT2D eigenvalue weighted by Crippen LogP contribution is 2.30. The first-order valence-electron chi connectivity index (χ1n) is 6.70. The Balaban J connectivity index is 0. The van der Waals surface area contributed by atoms with E-state index >= 15 is 0 Å². The zero-order valence-corrected chi connectivity index (χ0v) is 13.1. The zero-order valence-electron chi connectivity index (χ0n) is 13.1. The van der Waals surface area contributed by atoms with E-state index in [-0.39, 0.29) is 5.56 Å². The molecule has 6 heteroatoms. The van der Waals surface area contributed by atoms with Gasteiger partial charge < -0.3 is 4.90 Å². The summed E-state index contributed by atoms with van der Waals surface area (Å²) in [6, 6.07) is 2.44. The van der Waals surface area contributed by atoms with E-state index in [1.54, 1.807) is 11.9 Å². The van der Waals surface area contributed by atoms with Crippen LogP contribution in [-0.4, -0.2) is 24.9 Å². The summed E-state index contributed by atoms with van der Waals surface area (Å²) in [7, 11) is 1.77. The molecule has 0 aliphatic rings. The summed E-state index contributed by atoms with van der Waals surface area (Å²) in [4.78, 5) is 11.4. The lowest BCUT2D eigenvalue weighted by Gasteiger charge is -2.06. The minimum absolute atomic E-state index is 0.266. The SMILES string of the molecule is CC.CCCN(C)C=O.Cc1cc(F)cc(C(F)(F)F)c1. The second-order valence-electron chi connectivity index (χ2n) is 4.10. The van der Waals surface area contributed by atoms with Crippen LogP contribution in [0.2, 0.25) is 0 Å². The van der Waals surface area contributed by atoms with Gasteiger partial charge >= 0.3 is 6.18 Å². The third kappa shape index (κ3) is 10.8. The molecule has 21 heavy (non-hydrogen) atoms. The zero-order chi connectivity index (χ0) is 17.1. The summed E-state index contributed by atoms with van der Waals surface area (Å²) >= 11 is 0. The molecule has 1 aromatic carbocycles. The van der Waals surface area contributed by atoms with Crippen molar-refractivity contribution in [3.8, 4) is 0 Å². The van der Waals surface area contributed by atoms with Gasteiger partial charge in [-0.05, 0) is 37.1 Å². The van der Waals surface area contributed by atoms with Gasteiger partial charge in [0.2, 0.25) is 6.41 Å². The van der Waals surface area contributed by atoms with Crippen LogP contribution < -0.4 is 0 Å². The first-order valence-corrected chi connectivity index (χ1v) is 6.70. The van der Waals surface area contributed by atoms with Crippen LogP contribution in [-0.2, 0) is 11.0 Å². The van der Waals surface area contributed by atoms with Crippen LogP contribution in [0.5, 0.6) is 0 Å². The van der Waals surface area contributed by atoms with Crippen molar-refractivity contribution < 1.29 is 22.4 Å². The normalized spacial score (nSPS) is 9.76. The number of carbonyl (C=O) groups is 1. The molecule has 0 aliphatic carbocycles. The van der Waals surface area contributed by atoms with Crippen molar-refractivity contribution in [2.45, 2.75) is 40.3 Å². The second-order valence-corrected chi connectivity index (χ2v) is 4.10. The van der Waals surface area contributed by atoms with E-state index < -0.39 is 17.6 Å².